The van der Waals surface area contributed by atoms with Crippen molar-refractivity contribution in [1.29, 1.82) is 0 Å². The van der Waals surface area contributed by atoms with Crippen molar-refractivity contribution < 1.29 is 50.9 Å². The summed E-state index contributed by atoms with van der Waals surface area (Å²) in [5, 5.41) is 14.2. The number of carboxylic acids is 2. The van der Waals surface area contributed by atoms with Crippen LogP contribution in [0.1, 0.15) is 29.5 Å². The van der Waals surface area contributed by atoms with Gasteiger partial charge in [0.15, 0.2) is 0 Å². The summed E-state index contributed by atoms with van der Waals surface area (Å²) < 4.78 is 63.5. The summed E-state index contributed by atoms with van der Waals surface area (Å²) in [6, 6.07) is 14.4. The average Bonchev–Trinajstić information content (AvgIpc) is 3.08. The molecule has 1 saturated heterocycles. The summed E-state index contributed by atoms with van der Waals surface area (Å²) in [5.41, 5.74) is 3.32. The van der Waals surface area contributed by atoms with Crippen molar-refractivity contribution in [3.05, 3.63) is 84.1 Å². The van der Waals surface area contributed by atoms with Crippen LogP contribution in [0.3, 0.4) is 0 Å². The van der Waals surface area contributed by atoms with Crippen LogP contribution in [0.2, 0.25) is 0 Å². The fourth-order valence-electron chi connectivity index (χ4n) is 4.80. The second-order valence-electron chi connectivity index (χ2n) is 9.90. The van der Waals surface area contributed by atoms with Crippen molar-refractivity contribution in [2.24, 2.45) is 5.41 Å². The van der Waals surface area contributed by atoms with Gasteiger partial charge in [-0.3, -0.25) is 9.78 Å². The highest BCUT2D eigenvalue weighted by Crippen LogP contribution is 2.41. The molecule has 2 N–H and O–H groups in total. The van der Waals surface area contributed by atoms with Gasteiger partial charge in [0.1, 0.15) is 12.1 Å². The lowest BCUT2D eigenvalue weighted by atomic mass is 9.73. The van der Waals surface area contributed by atoms with Gasteiger partial charge in [0.2, 0.25) is 5.91 Å². The first-order valence-electron chi connectivity index (χ1n) is 13.0. The minimum absolute atomic E-state index is 0.276. The molecule has 1 aromatic carbocycles. The Morgan fingerprint density at radius 3 is 1.84 bits per heavy atom. The lowest BCUT2D eigenvalue weighted by Gasteiger charge is -2.42. The van der Waals surface area contributed by atoms with Crippen LogP contribution in [0.4, 0.5) is 32.2 Å². The van der Waals surface area contributed by atoms with Crippen LogP contribution in [-0.4, -0.2) is 73.4 Å². The molecule has 2 aromatic heterocycles. The summed E-state index contributed by atoms with van der Waals surface area (Å²) in [5.74, 6) is -4.30. The molecule has 0 aliphatic carbocycles. The number of pyridine rings is 1. The number of aliphatic carboxylic acids is 2. The number of nitrogens with zero attached hydrogens (tertiary/aromatic N) is 5. The van der Waals surface area contributed by atoms with Crippen LogP contribution in [0, 0.1) is 5.41 Å². The monoisotopic (exact) mass is 627 g/mol. The Hall–Kier alpha value is -4.76. The van der Waals surface area contributed by atoms with Gasteiger partial charge in [0, 0.05) is 44.8 Å². The lowest BCUT2D eigenvalue weighted by molar-refractivity contribution is -0.193. The van der Waals surface area contributed by atoms with Gasteiger partial charge in [-0.2, -0.15) is 26.3 Å². The summed E-state index contributed by atoms with van der Waals surface area (Å²) in [6.07, 6.45) is -0.747. The molecule has 10 nitrogen and oxygen atoms in total. The van der Waals surface area contributed by atoms with E-state index in [9.17, 15) is 31.1 Å². The quantitative estimate of drug-likeness (QED) is 0.402. The van der Waals surface area contributed by atoms with E-state index in [1.54, 1.807) is 24.9 Å². The first kappa shape index (κ1) is 33.7. The van der Waals surface area contributed by atoms with E-state index >= 15 is 0 Å². The number of anilines is 1. The number of piperidine rings is 1. The van der Waals surface area contributed by atoms with E-state index in [0.717, 1.165) is 43.7 Å². The maximum Gasteiger partial charge on any atom is 0.490 e. The van der Waals surface area contributed by atoms with Crippen molar-refractivity contribution in [2.75, 3.05) is 18.0 Å². The smallest absolute Gasteiger partial charge is 0.475 e. The topological polar surface area (TPSA) is 137 Å². The Balaban J connectivity index is 0.000000317. The number of carboxylic acid groups (broad SMARTS) is 2. The molecule has 236 valence electrons. The van der Waals surface area contributed by atoms with E-state index in [0.29, 0.717) is 13.1 Å². The molecule has 3 aromatic rings. The summed E-state index contributed by atoms with van der Waals surface area (Å²) in [6.45, 7) is 2.93. The molecular weight excluding hydrogens is 600 g/mol. The van der Waals surface area contributed by atoms with Crippen molar-refractivity contribution in [3.63, 3.8) is 0 Å². The van der Waals surface area contributed by atoms with Crippen molar-refractivity contribution in [3.8, 4) is 0 Å². The molecule has 0 saturated carbocycles. The van der Waals surface area contributed by atoms with Gasteiger partial charge >= 0.3 is 24.3 Å². The molecule has 0 unspecified atom stereocenters. The Bertz CT molecular complexity index is 1390. The third kappa shape index (κ3) is 9.12. The number of rotatable bonds is 3. The van der Waals surface area contributed by atoms with Crippen LogP contribution < -0.4 is 4.90 Å². The van der Waals surface area contributed by atoms with Crippen molar-refractivity contribution in [1.82, 2.24) is 19.9 Å². The summed E-state index contributed by atoms with van der Waals surface area (Å²) >= 11 is 0. The standard InChI is InChI=1S/C24H25N5O.2C2HF3O2/c30-23-24(8-13-28(14-9-24)22-7-12-26-18-27-22)15-20-3-1-2-4-21(20)17-29(23)16-19-5-10-25-11-6-19;2*3-2(4,5)1(6)7/h1-7,10-12,18H,8-9,13-17H2;2*(H,6,7). The molecule has 0 radical (unpaired) electrons. The number of hydrogen-bond acceptors (Lipinski definition) is 7. The highest BCUT2D eigenvalue weighted by atomic mass is 19.4. The molecule has 1 fully saturated rings. The molecule has 1 spiro atoms. The molecule has 1 amide bonds. The largest absolute Gasteiger partial charge is 0.490 e. The summed E-state index contributed by atoms with van der Waals surface area (Å²) in [4.78, 5) is 48.5. The number of amides is 1. The second kappa shape index (κ2) is 14.1. The van der Waals surface area contributed by atoms with Gasteiger partial charge in [-0.25, -0.2) is 19.6 Å². The van der Waals surface area contributed by atoms with Gasteiger partial charge in [0.05, 0.1) is 5.41 Å². The molecule has 5 rings (SSSR count). The Kier molecular flexibility index (Phi) is 10.8. The molecule has 44 heavy (non-hydrogen) atoms. The Labute approximate surface area is 247 Å². The number of carbonyl (C=O) groups excluding carboxylic acids is 1. The van der Waals surface area contributed by atoms with Gasteiger partial charge in [-0.1, -0.05) is 24.3 Å². The first-order valence-corrected chi connectivity index (χ1v) is 13.0. The highest BCUT2D eigenvalue weighted by Gasteiger charge is 2.46. The number of halogens is 6. The van der Waals surface area contributed by atoms with Crippen LogP contribution in [0.15, 0.2) is 67.4 Å². The molecule has 0 atom stereocenters. The van der Waals surface area contributed by atoms with E-state index in [-0.39, 0.29) is 11.3 Å². The zero-order valence-electron chi connectivity index (χ0n) is 22.9. The number of alkyl halides is 6. The van der Waals surface area contributed by atoms with Gasteiger partial charge < -0.3 is 20.0 Å². The molecule has 0 bridgehead atoms. The predicted octanol–water partition coefficient (Wildman–Crippen LogP) is 4.51. The van der Waals surface area contributed by atoms with Crippen molar-refractivity contribution in [2.45, 2.75) is 44.7 Å². The molecule has 2 aliphatic heterocycles. The molecular formula is C28H27F6N5O5. The Morgan fingerprint density at radius 1 is 0.818 bits per heavy atom. The maximum atomic E-state index is 13.9. The minimum Gasteiger partial charge on any atom is -0.475 e. The molecule has 16 heteroatoms. The van der Waals surface area contributed by atoms with Crippen LogP contribution in [0.25, 0.3) is 0 Å². The van der Waals surface area contributed by atoms with Gasteiger partial charge in [-0.15, -0.1) is 0 Å². The second-order valence-corrected chi connectivity index (χ2v) is 9.90. The number of fused-ring (bicyclic) bond motifs is 1. The highest BCUT2D eigenvalue weighted by molar-refractivity contribution is 5.84. The van der Waals surface area contributed by atoms with Gasteiger partial charge in [-0.05, 0) is 54.2 Å². The first-order chi connectivity index (χ1) is 20.6. The predicted molar refractivity (Wildman–Crippen MR) is 142 cm³/mol. The number of aromatic nitrogens is 3. The fourth-order valence-corrected chi connectivity index (χ4v) is 4.80. The van der Waals surface area contributed by atoms with E-state index in [4.69, 9.17) is 19.8 Å². The number of carbonyl (C=O) groups is 3. The van der Waals surface area contributed by atoms with E-state index < -0.39 is 24.3 Å². The number of benzene rings is 1. The van der Waals surface area contributed by atoms with E-state index in [2.05, 4.69) is 44.1 Å². The zero-order chi connectivity index (χ0) is 32.5. The molecule has 2 aliphatic rings. The lowest BCUT2D eigenvalue weighted by Crippen LogP contribution is -2.50. The van der Waals surface area contributed by atoms with Crippen LogP contribution >= 0.6 is 0 Å². The fraction of sp³-hybridized carbons (Fsp3) is 0.357. The van der Waals surface area contributed by atoms with Crippen LogP contribution in [0.5, 0.6) is 0 Å². The Morgan fingerprint density at radius 2 is 1.34 bits per heavy atom. The minimum atomic E-state index is -5.08. The van der Waals surface area contributed by atoms with Crippen LogP contribution in [-0.2, 0) is 33.9 Å². The number of hydrogen-bond donors (Lipinski definition) is 2. The molecule has 4 heterocycles. The van der Waals surface area contributed by atoms with Gasteiger partial charge in [0.25, 0.3) is 0 Å². The maximum absolute atomic E-state index is 13.9. The third-order valence-electron chi connectivity index (χ3n) is 6.97. The summed E-state index contributed by atoms with van der Waals surface area (Å²) in [7, 11) is 0. The average molecular weight is 628 g/mol. The van der Waals surface area contributed by atoms with Crippen molar-refractivity contribution >= 4 is 23.7 Å². The van der Waals surface area contributed by atoms with E-state index in [1.807, 2.05) is 23.1 Å². The zero-order valence-corrected chi connectivity index (χ0v) is 22.9. The SMILES string of the molecule is O=C(O)C(F)(F)F.O=C(O)C(F)(F)F.O=C1N(Cc2ccncc2)Cc2ccccc2CC12CCN(c1ccncn1)CC2. The van der Waals surface area contributed by atoms with E-state index in [1.165, 1.54) is 11.1 Å². The normalized spacial score (nSPS) is 16.0. The third-order valence-corrected chi connectivity index (χ3v) is 6.97.